The molecule has 3 rings (SSSR count). The highest BCUT2D eigenvalue weighted by Gasteiger charge is 2.26. The lowest BCUT2D eigenvalue weighted by molar-refractivity contribution is -0.122. The molecule has 1 amide bonds. The molecule has 1 aromatic carbocycles. The number of H-pyrrole nitrogens is 1. The summed E-state index contributed by atoms with van der Waals surface area (Å²) in [5.74, 6) is 0.512. The Bertz CT molecular complexity index is 965. The molecule has 2 N–H and O–H groups in total. The number of hydrogen-bond acceptors (Lipinski definition) is 4. The summed E-state index contributed by atoms with van der Waals surface area (Å²) in [7, 11) is -0.834. The Morgan fingerprint density at radius 3 is 2.85 bits per heavy atom. The Morgan fingerprint density at radius 2 is 2.07 bits per heavy atom. The van der Waals surface area contributed by atoms with E-state index in [2.05, 4.69) is 10.3 Å². The first kappa shape index (κ1) is 19.5. The van der Waals surface area contributed by atoms with Crippen molar-refractivity contribution in [3.63, 3.8) is 0 Å². The molecule has 0 spiro atoms. The van der Waals surface area contributed by atoms with Gasteiger partial charge in [0.2, 0.25) is 5.91 Å². The second-order valence-electron chi connectivity index (χ2n) is 6.90. The van der Waals surface area contributed by atoms with Crippen molar-refractivity contribution in [1.29, 1.82) is 0 Å². The highest BCUT2D eigenvalue weighted by molar-refractivity contribution is 7.85. The van der Waals surface area contributed by atoms with Gasteiger partial charge in [0.1, 0.15) is 0 Å². The molecule has 1 heterocycles. The molecule has 1 fully saturated rings. The first-order valence-corrected chi connectivity index (χ1v) is 10.8. The summed E-state index contributed by atoms with van der Waals surface area (Å²) < 4.78 is 13.5. The van der Waals surface area contributed by atoms with Crippen molar-refractivity contribution in [2.75, 3.05) is 5.75 Å². The molecular formula is C19H25N3O4S. The number of benzene rings is 1. The van der Waals surface area contributed by atoms with E-state index in [4.69, 9.17) is 0 Å². The molecule has 1 saturated carbocycles. The van der Waals surface area contributed by atoms with E-state index in [1.807, 2.05) is 6.92 Å². The molecule has 1 aromatic heterocycles. The number of carbonyl (C=O) groups is 1. The molecule has 2 aromatic rings. The van der Waals surface area contributed by atoms with E-state index in [1.54, 1.807) is 24.3 Å². The minimum Gasteiger partial charge on any atom is -0.353 e. The molecule has 3 atom stereocenters. The van der Waals surface area contributed by atoms with Crippen LogP contribution in [0.4, 0.5) is 0 Å². The molecule has 27 heavy (non-hydrogen) atoms. The maximum atomic E-state index is 12.4. The van der Waals surface area contributed by atoms with Crippen molar-refractivity contribution in [1.82, 2.24) is 14.9 Å². The number of nitrogens with zero attached hydrogens (tertiary/aromatic N) is 1. The number of rotatable bonds is 6. The van der Waals surface area contributed by atoms with Crippen LogP contribution in [0.2, 0.25) is 0 Å². The van der Waals surface area contributed by atoms with Crippen LogP contribution in [0.3, 0.4) is 0 Å². The third-order valence-electron chi connectivity index (χ3n) is 5.12. The summed E-state index contributed by atoms with van der Waals surface area (Å²) in [5, 5.41) is 3.59. The minimum atomic E-state index is -0.834. The molecule has 0 unspecified atom stereocenters. The average Bonchev–Trinajstić information content (AvgIpc) is 2.67. The second-order valence-corrected chi connectivity index (χ2v) is 8.91. The minimum absolute atomic E-state index is 0.0378. The van der Waals surface area contributed by atoms with Crippen molar-refractivity contribution < 1.29 is 9.00 Å². The van der Waals surface area contributed by atoms with Crippen LogP contribution in [0, 0.1) is 0 Å². The molecule has 0 aliphatic heterocycles. The molecule has 0 bridgehead atoms. The Kier molecular flexibility index (Phi) is 6.26. The fourth-order valence-electron chi connectivity index (χ4n) is 3.73. The molecule has 0 saturated heterocycles. The second kappa shape index (κ2) is 8.65. The highest BCUT2D eigenvalue weighted by atomic mass is 32.2. The Balaban J connectivity index is 1.65. The summed E-state index contributed by atoms with van der Waals surface area (Å²) in [6.45, 7) is 2.11. The van der Waals surface area contributed by atoms with Crippen LogP contribution in [-0.4, -0.2) is 36.7 Å². The van der Waals surface area contributed by atoms with E-state index in [-0.39, 0.29) is 30.2 Å². The third kappa shape index (κ3) is 4.55. The highest BCUT2D eigenvalue weighted by Crippen LogP contribution is 2.23. The van der Waals surface area contributed by atoms with Crippen molar-refractivity contribution in [2.24, 2.45) is 0 Å². The number of para-hydroxylation sites is 1. The molecule has 1 aliphatic carbocycles. The van der Waals surface area contributed by atoms with E-state index in [1.165, 1.54) is 4.57 Å². The number of aromatic nitrogens is 2. The van der Waals surface area contributed by atoms with Gasteiger partial charge in [0.25, 0.3) is 5.56 Å². The van der Waals surface area contributed by atoms with Gasteiger partial charge in [-0.2, -0.15) is 0 Å². The van der Waals surface area contributed by atoms with E-state index < -0.39 is 22.0 Å². The van der Waals surface area contributed by atoms with Crippen LogP contribution in [0.5, 0.6) is 0 Å². The third-order valence-corrected chi connectivity index (χ3v) is 6.86. The van der Waals surface area contributed by atoms with Crippen LogP contribution in [0.1, 0.15) is 39.0 Å². The lowest BCUT2D eigenvalue weighted by Gasteiger charge is -2.29. The monoisotopic (exact) mass is 391 g/mol. The zero-order valence-corrected chi connectivity index (χ0v) is 16.2. The Hall–Kier alpha value is -2.22. The molecule has 146 valence electrons. The number of nitrogens with one attached hydrogen (secondary N) is 2. The first-order chi connectivity index (χ1) is 13.0. The predicted molar refractivity (Wildman–Crippen MR) is 106 cm³/mol. The van der Waals surface area contributed by atoms with Crippen LogP contribution in [-0.2, 0) is 22.1 Å². The topological polar surface area (TPSA) is 101 Å². The van der Waals surface area contributed by atoms with Crippen molar-refractivity contribution in [3.05, 3.63) is 45.1 Å². The van der Waals surface area contributed by atoms with Gasteiger partial charge >= 0.3 is 5.69 Å². The van der Waals surface area contributed by atoms with Gasteiger partial charge in [0.15, 0.2) is 0 Å². The van der Waals surface area contributed by atoms with Crippen molar-refractivity contribution in [2.45, 2.75) is 56.9 Å². The molecule has 1 aliphatic rings. The smallest absolute Gasteiger partial charge is 0.328 e. The van der Waals surface area contributed by atoms with Crippen LogP contribution >= 0.6 is 0 Å². The van der Waals surface area contributed by atoms with Gasteiger partial charge in [-0.3, -0.25) is 23.3 Å². The molecule has 8 heteroatoms. The summed E-state index contributed by atoms with van der Waals surface area (Å²) in [4.78, 5) is 38.7. The number of amides is 1. The standard InChI is InChI=1S/C19H25N3O4S/c1-2-27(26)14-7-5-6-13(12-14)20-17(23)10-11-22-16-9-4-3-8-15(16)18(24)21-19(22)25/h3-4,8-9,13-14H,2,5-7,10-12H2,1H3,(H,20,23)(H,21,24,25)/t13-,14+,27+/m1/s1. The molecule has 7 nitrogen and oxygen atoms in total. The van der Waals surface area contributed by atoms with E-state index in [0.717, 1.165) is 25.7 Å². The fourth-order valence-corrected chi connectivity index (χ4v) is 5.08. The molecule has 0 radical (unpaired) electrons. The SMILES string of the molecule is CC[S@](=O)[C@H]1CCC[C@@H](NC(=O)CCn2c(=O)[nH]c(=O)c3ccccc32)C1. The Morgan fingerprint density at radius 1 is 1.30 bits per heavy atom. The summed E-state index contributed by atoms with van der Waals surface area (Å²) >= 11 is 0. The van der Waals surface area contributed by atoms with E-state index in [0.29, 0.717) is 16.7 Å². The van der Waals surface area contributed by atoms with Gasteiger partial charge in [-0.05, 0) is 31.4 Å². The Labute approximate surface area is 159 Å². The van der Waals surface area contributed by atoms with Gasteiger partial charge in [-0.1, -0.05) is 25.5 Å². The predicted octanol–water partition coefficient (Wildman–Crippen LogP) is 1.28. The van der Waals surface area contributed by atoms with Crippen LogP contribution in [0.15, 0.2) is 33.9 Å². The van der Waals surface area contributed by atoms with E-state index >= 15 is 0 Å². The van der Waals surface area contributed by atoms with Gasteiger partial charge < -0.3 is 5.32 Å². The lowest BCUT2D eigenvalue weighted by atomic mass is 9.95. The maximum Gasteiger partial charge on any atom is 0.328 e. The first-order valence-electron chi connectivity index (χ1n) is 9.38. The number of hydrogen-bond donors (Lipinski definition) is 2. The van der Waals surface area contributed by atoms with Crippen molar-refractivity contribution >= 4 is 27.6 Å². The van der Waals surface area contributed by atoms with Gasteiger partial charge in [0, 0.05) is 40.8 Å². The summed E-state index contributed by atoms with van der Waals surface area (Å²) in [6, 6.07) is 6.89. The summed E-state index contributed by atoms with van der Waals surface area (Å²) in [5.41, 5.74) is -0.411. The zero-order valence-electron chi connectivity index (χ0n) is 15.4. The van der Waals surface area contributed by atoms with Crippen LogP contribution < -0.4 is 16.6 Å². The van der Waals surface area contributed by atoms with Gasteiger partial charge in [-0.15, -0.1) is 0 Å². The largest absolute Gasteiger partial charge is 0.353 e. The van der Waals surface area contributed by atoms with Crippen LogP contribution in [0.25, 0.3) is 10.9 Å². The number of carbonyl (C=O) groups excluding carboxylic acids is 1. The summed E-state index contributed by atoms with van der Waals surface area (Å²) in [6.07, 6.45) is 3.70. The quantitative estimate of drug-likeness (QED) is 0.774. The van der Waals surface area contributed by atoms with Crippen molar-refractivity contribution in [3.8, 4) is 0 Å². The van der Waals surface area contributed by atoms with E-state index in [9.17, 15) is 18.6 Å². The number of fused-ring (bicyclic) bond motifs is 1. The van der Waals surface area contributed by atoms with Gasteiger partial charge in [-0.25, -0.2) is 4.79 Å². The number of aromatic amines is 1. The number of aryl methyl sites for hydroxylation is 1. The fraction of sp³-hybridized carbons (Fsp3) is 0.526. The van der Waals surface area contributed by atoms with Gasteiger partial charge in [0.05, 0.1) is 10.9 Å². The average molecular weight is 391 g/mol. The molecular weight excluding hydrogens is 366 g/mol. The maximum absolute atomic E-state index is 12.4. The normalized spacial score (nSPS) is 21.1. The zero-order chi connectivity index (χ0) is 19.4. The lowest BCUT2D eigenvalue weighted by Crippen LogP contribution is -2.41.